The zero-order valence-electron chi connectivity index (χ0n) is 10.9. The standard InChI is InChI=1S/C13H21N3O2/c1-10(13(15)17)16(9-3-8-14)11-4-6-12(18-2)7-5-11/h4-7,10H,3,8-9,14H2,1-2H3,(H2,15,17). The quantitative estimate of drug-likeness (QED) is 0.748. The molecule has 0 aromatic heterocycles. The smallest absolute Gasteiger partial charge is 0.239 e. The van der Waals surface area contributed by atoms with E-state index in [1.54, 1.807) is 14.0 Å². The highest BCUT2D eigenvalue weighted by Gasteiger charge is 2.18. The number of carbonyl (C=O) groups is 1. The zero-order chi connectivity index (χ0) is 13.5. The van der Waals surface area contributed by atoms with Crippen molar-refractivity contribution in [3.05, 3.63) is 24.3 Å². The molecule has 1 amide bonds. The van der Waals surface area contributed by atoms with Crippen molar-refractivity contribution >= 4 is 11.6 Å². The number of methoxy groups -OCH3 is 1. The van der Waals surface area contributed by atoms with Gasteiger partial charge >= 0.3 is 0 Å². The number of nitrogens with two attached hydrogens (primary N) is 2. The fourth-order valence-corrected chi connectivity index (χ4v) is 1.74. The van der Waals surface area contributed by atoms with Gasteiger partial charge in [-0.25, -0.2) is 0 Å². The molecule has 1 atom stereocenters. The Morgan fingerprint density at radius 1 is 1.39 bits per heavy atom. The molecule has 5 nitrogen and oxygen atoms in total. The molecule has 0 aliphatic rings. The number of nitrogens with zero attached hydrogens (tertiary/aromatic N) is 1. The third kappa shape index (κ3) is 3.63. The molecule has 1 rings (SSSR count). The molecule has 0 fully saturated rings. The van der Waals surface area contributed by atoms with Crippen molar-refractivity contribution in [2.45, 2.75) is 19.4 Å². The number of anilines is 1. The Labute approximate surface area is 108 Å². The number of carbonyl (C=O) groups excluding carboxylic acids is 1. The number of rotatable bonds is 7. The predicted molar refractivity (Wildman–Crippen MR) is 72.7 cm³/mol. The maximum absolute atomic E-state index is 11.3. The molecule has 0 aliphatic heterocycles. The second-order valence-electron chi connectivity index (χ2n) is 4.11. The number of amides is 1. The first kappa shape index (κ1) is 14.3. The van der Waals surface area contributed by atoms with Crippen LogP contribution < -0.4 is 21.1 Å². The lowest BCUT2D eigenvalue weighted by Gasteiger charge is -2.29. The molecule has 0 radical (unpaired) electrons. The summed E-state index contributed by atoms with van der Waals surface area (Å²) in [5.74, 6) is 0.437. The van der Waals surface area contributed by atoms with E-state index in [0.29, 0.717) is 13.1 Å². The van der Waals surface area contributed by atoms with Gasteiger partial charge in [-0.2, -0.15) is 0 Å². The van der Waals surface area contributed by atoms with E-state index >= 15 is 0 Å². The Kier molecular flexibility index (Phi) is 5.45. The van der Waals surface area contributed by atoms with Gasteiger partial charge < -0.3 is 21.1 Å². The van der Waals surface area contributed by atoms with Crippen LogP contribution in [0.15, 0.2) is 24.3 Å². The average Bonchev–Trinajstić information content (AvgIpc) is 2.39. The summed E-state index contributed by atoms with van der Waals surface area (Å²) in [6.07, 6.45) is 0.809. The summed E-state index contributed by atoms with van der Waals surface area (Å²) in [5, 5.41) is 0. The van der Waals surface area contributed by atoms with E-state index in [1.165, 1.54) is 0 Å². The topological polar surface area (TPSA) is 81.6 Å². The lowest BCUT2D eigenvalue weighted by atomic mass is 10.2. The number of hydrogen-bond acceptors (Lipinski definition) is 4. The van der Waals surface area contributed by atoms with Crippen molar-refractivity contribution in [3.63, 3.8) is 0 Å². The van der Waals surface area contributed by atoms with Crippen molar-refractivity contribution in [2.24, 2.45) is 11.5 Å². The van der Waals surface area contributed by atoms with Gasteiger partial charge in [0, 0.05) is 12.2 Å². The van der Waals surface area contributed by atoms with Crippen LogP contribution in [0, 0.1) is 0 Å². The molecular formula is C13H21N3O2. The Balaban J connectivity index is 2.89. The molecule has 18 heavy (non-hydrogen) atoms. The lowest BCUT2D eigenvalue weighted by Crippen LogP contribution is -2.43. The minimum Gasteiger partial charge on any atom is -0.497 e. The molecule has 0 bridgehead atoms. The SMILES string of the molecule is COc1ccc(N(CCCN)C(C)C(N)=O)cc1. The fraction of sp³-hybridized carbons (Fsp3) is 0.462. The first-order valence-corrected chi connectivity index (χ1v) is 6.00. The van der Waals surface area contributed by atoms with Gasteiger partial charge in [0.05, 0.1) is 7.11 Å². The fourth-order valence-electron chi connectivity index (χ4n) is 1.74. The summed E-state index contributed by atoms with van der Waals surface area (Å²) in [6.45, 7) is 3.08. The first-order chi connectivity index (χ1) is 8.60. The summed E-state index contributed by atoms with van der Waals surface area (Å²) < 4.78 is 5.11. The first-order valence-electron chi connectivity index (χ1n) is 6.00. The van der Waals surface area contributed by atoms with E-state index in [2.05, 4.69) is 0 Å². The molecule has 0 aliphatic carbocycles. The van der Waals surface area contributed by atoms with Gasteiger partial charge in [-0.05, 0) is 44.2 Å². The van der Waals surface area contributed by atoms with Crippen molar-refractivity contribution in [3.8, 4) is 5.75 Å². The van der Waals surface area contributed by atoms with E-state index in [1.807, 2.05) is 29.2 Å². The molecule has 5 heteroatoms. The number of benzene rings is 1. The molecule has 0 spiro atoms. The highest BCUT2D eigenvalue weighted by Crippen LogP contribution is 2.21. The minimum atomic E-state index is -0.357. The molecular weight excluding hydrogens is 230 g/mol. The van der Waals surface area contributed by atoms with Crippen LogP contribution in [-0.4, -0.2) is 32.1 Å². The monoisotopic (exact) mass is 251 g/mol. The van der Waals surface area contributed by atoms with Gasteiger partial charge in [-0.3, -0.25) is 4.79 Å². The maximum Gasteiger partial charge on any atom is 0.239 e. The van der Waals surface area contributed by atoms with E-state index in [9.17, 15) is 4.79 Å². The summed E-state index contributed by atoms with van der Waals surface area (Å²) >= 11 is 0. The Bertz CT molecular complexity index is 378. The van der Waals surface area contributed by atoms with Gasteiger partial charge in [0.1, 0.15) is 11.8 Å². The minimum absolute atomic E-state index is 0.345. The second-order valence-corrected chi connectivity index (χ2v) is 4.11. The summed E-state index contributed by atoms with van der Waals surface area (Å²) in [4.78, 5) is 13.3. The van der Waals surface area contributed by atoms with E-state index in [0.717, 1.165) is 17.9 Å². The maximum atomic E-state index is 11.3. The highest BCUT2D eigenvalue weighted by molar-refractivity contribution is 5.83. The molecule has 1 aromatic rings. The molecule has 1 aromatic carbocycles. The van der Waals surface area contributed by atoms with Crippen molar-refractivity contribution in [1.29, 1.82) is 0 Å². The highest BCUT2D eigenvalue weighted by atomic mass is 16.5. The normalized spacial score (nSPS) is 11.9. The van der Waals surface area contributed by atoms with Crippen LogP contribution in [-0.2, 0) is 4.79 Å². The van der Waals surface area contributed by atoms with E-state index in [4.69, 9.17) is 16.2 Å². The van der Waals surface area contributed by atoms with Crippen LogP contribution in [0.25, 0.3) is 0 Å². The zero-order valence-corrected chi connectivity index (χ0v) is 10.9. The Morgan fingerprint density at radius 2 is 2.00 bits per heavy atom. The van der Waals surface area contributed by atoms with Crippen LogP contribution in [0.3, 0.4) is 0 Å². The molecule has 0 saturated heterocycles. The molecule has 1 unspecified atom stereocenters. The largest absolute Gasteiger partial charge is 0.497 e. The number of ether oxygens (including phenoxy) is 1. The van der Waals surface area contributed by atoms with Gasteiger partial charge in [0.2, 0.25) is 5.91 Å². The van der Waals surface area contributed by atoms with Crippen LogP contribution >= 0.6 is 0 Å². The van der Waals surface area contributed by atoms with Crippen molar-refractivity contribution in [1.82, 2.24) is 0 Å². The number of primary amides is 1. The average molecular weight is 251 g/mol. The van der Waals surface area contributed by atoms with Gasteiger partial charge in [-0.1, -0.05) is 0 Å². The molecule has 100 valence electrons. The third-order valence-corrected chi connectivity index (χ3v) is 2.89. The van der Waals surface area contributed by atoms with Gasteiger partial charge in [-0.15, -0.1) is 0 Å². The molecule has 0 heterocycles. The predicted octanol–water partition coefficient (Wildman–Crippen LogP) is 0.724. The Morgan fingerprint density at radius 3 is 2.44 bits per heavy atom. The van der Waals surface area contributed by atoms with Crippen LogP contribution in [0.4, 0.5) is 5.69 Å². The molecule has 4 N–H and O–H groups in total. The summed E-state index contributed by atoms with van der Waals surface area (Å²) in [7, 11) is 1.62. The summed E-state index contributed by atoms with van der Waals surface area (Å²) in [6, 6.07) is 7.19. The molecule has 0 saturated carbocycles. The van der Waals surface area contributed by atoms with Crippen LogP contribution in [0.2, 0.25) is 0 Å². The van der Waals surface area contributed by atoms with E-state index in [-0.39, 0.29) is 11.9 Å². The summed E-state index contributed by atoms with van der Waals surface area (Å²) in [5.41, 5.74) is 11.8. The van der Waals surface area contributed by atoms with Crippen molar-refractivity contribution < 1.29 is 9.53 Å². The van der Waals surface area contributed by atoms with Gasteiger partial charge in [0.25, 0.3) is 0 Å². The lowest BCUT2D eigenvalue weighted by molar-refractivity contribution is -0.118. The number of hydrogen-bond donors (Lipinski definition) is 2. The third-order valence-electron chi connectivity index (χ3n) is 2.89. The van der Waals surface area contributed by atoms with Gasteiger partial charge in [0.15, 0.2) is 0 Å². The van der Waals surface area contributed by atoms with E-state index < -0.39 is 0 Å². The van der Waals surface area contributed by atoms with Crippen molar-refractivity contribution in [2.75, 3.05) is 25.1 Å². The van der Waals surface area contributed by atoms with Crippen LogP contribution in [0.5, 0.6) is 5.75 Å². The second kappa shape index (κ2) is 6.86. The Hall–Kier alpha value is -1.75. The van der Waals surface area contributed by atoms with Crippen LogP contribution in [0.1, 0.15) is 13.3 Å².